The van der Waals surface area contributed by atoms with Gasteiger partial charge in [-0.25, -0.2) is 9.37 Å². The van der Waals surface area contributed by atoms with E-state index in [-0.39, 0.29) is 11.9 Å². The minimum atomic E-state index is -0.202. The van der Waals surface area contributed by atoms with Gasteiger partial charge in [0.1, 0.15) is 5.82 Å². The zero-order valence-electron chi connectivity index (χ0n) is 13.0. The molecule has 118 valence electrons. The standard InChI is InChI=1S/C17H21FN2OS/c1-12-19-15(11-22-12)10-20(2)16-7-8-21-17(9-16)13-3-5-14(18)6-4-13/h3-6,11,16-17H,7-10H2,1-2H3/t16-,17+/m1/s1. The molecule has 0 aliphatic carbocycles. The molecule has 1 aliphatic heterocycles. The number of benzene rings is 1. The van der Waals surface area contributed by atoms with Crippen LogP contribution in [0, 0.1) is 12.7 Å². The van der Waals surface area contributed by atoms with Crippen LogP contribution in [-0.4, -0.2) is 29.6 Å². The summed E-state index contributed by atoms with van der Waals surface area (Å²) in [6, 6.07) is 7.12. The molecule has 2 heterocycles. The van der Waals surface area contributed by atoms with Crippen molar-refractivity contribution < 1.29 is 9.13 Å². The second-order valence-corrected chi connectivity index (χ2v) is 6.92. The minimum Gasteiger partial charge on any atom is -0.373 e. The molecule has 2 atom stereocenters. The van der Waals surface area contributed by atoms with Crippen LogP contribution in [0.2, 0.25) is 0 Å². The van der Waals surface area contributed by atoms with Crippen LogP contribution >= 0.6 is 11.3 Å². The van der Waals surface area contributed by atoms with Crippen LogP contribution in [-0.2, 0) is 11.3 Å². The summed E-state index contributed by atoms with van der Waals surface area (Å²) in [6.45, 7) is 3.64. The zero-order valence-corrected chi connectivity index (χ0v) is 13.8. The van der Waals surface area contributed by atoms with Crippen LogP contribution in [0.25, 0.3) is 0 Å². The molecule has 0 radical (unpaired) electrons. The van der Waals surface area contributed by atoms with Crippen LogP contribution in [0.1, 0.15) is 35.2 Å². The topological polar surface area (TPSA) is 25.4 Å². The fourth-order valence-corrected chi connectivity index (χ4v) is 3.56. The van der Waals surface area contributed by atoms with E-state index in [1.54, 1.807) is 11.3 Å². The predicted molar refractivity (Wildman–Crippen MR) is 86.4 cm³/mol. The molecule has 3 rings (SSSR count). The van der Waals surface area contributed by atoms with Gasteiger partial charge >= 0.3 is 0 Å². The molecule has 0 spiro atoms. The summed E-state index contributed by atoms with van der Waals surface area (Å²) >= 11 is 1.69. The van der Waals surface area contributed by atoms with Crippen molar-refractivity contribution in [1.82, 2.24) is 9.88 Å². The number of thiazole rings is 1. The SMILES string of the molecule is Cc1nc(CN(C)[C@@H]2CCO[C@H](c3ccc(F)cc3)C2)cs1. The third kappa shape index (κ3) is 3.72. The van der Waals surface area contributed by atoms with Crippen LogP contribution in [0.15, 0.2) is 29.6 Å². The van der Waals surface area contributed by atoms with Gasteiger partial charge in [0.2, 0.25) is 0 Å². The number of hydrogen-bond acceptors (Lipinski definition) is 4. The molecule has 1 aromatic heterocycles. The van der Waals surface area contributed by atoms with Crippen molar-refractivity contribution in [3.05, 3.63) is 51.7 Å². The zero-order chi connectivity index (χ0) is 15.5. The molecule has 1 fully saturated rings. The Morgan fingerprint density at radius 2 is 2.14 bits per heavy atom. The van der Waals surface area contributed by atoms with Gasteiger partial charge in [0.15, 0.2) is 0 Å². The lowest BCUT2D eigenvalue weighted by molar-refractivity contribution is -0.0251. The van der Waals surface area contributed by atoms with E-state index in [1.165, 1.54) is 12.1 Å². The van der Waals surface area contributed by atoms with Gasteiger partial charge in [-0.3, -0.25) is 4.90 Å². The number of halogens is 1. The molecule has 0 amide bonds. The van der Waals surface area contributed by atoms with Crippen LogP contribution in [0.5, 0.6) is 0 Å². The van der Waals surface area contributed by atoms with Crippen molar-refractivity contribution in [3.8, 4) is 0 Å². The van der Waals surface area contributed by atoms with E-state index in [4.69, 9.17) is 4.74 Å². The molecule has 0 unspecified atom stereocenters. The van der Waals surface area contributed by atoms with Gasteiger partial charge in [-0.05, 0) is 44.5 Å². The minimum absolute atomic E-state index is 0.0546. The highest BCUT2D eigenvalue weighted by Gasteiger charge is 2.26. The number of nitrogens with zero attached hydrogens (tertiary/aromatic N) is 2. The number of ether oxygens (including phenoxy) is 1. The molecule has 22 heavy (non-hydrogen) atoms. The Kier molecular flexibility index (Phi) is 4.86. The van der Waals surface area contributed by atoms with E-state index in [0.29, 0.717) is 6.04 Å². The van der Waals surface area contributed by atoms with Crippen LogP contribution in [0.4, 0.5) is 4.39 Å². The summed E-state index contributed by atoms with van der Waals surface area (Å²) in [7, 11) is 2.15. The summed E-state index contributed by atoms with van der Waals surface area (Å²) in [5, 5.41) is 3.24. The van der Waals surface area contributed by atoms with Gasteiger partial charge in [0.25, 0.3) is 0 Å². The van der Waals surface area contributed by atoms with E-state index in [1.807, 2.05) is 19.1 Å². The third-order valence-electron chi connectivity index (χ3n) is 4.20. The molecular formula is C17H21FN2OS. The van der Waals surface area contributed by atoms with E-state index < -0.39 is 0 Å². The lowest BCUT2D eigenvalue weighted by atomic mass is 9.96. The molecule has 5 heteroatoms. The Hall–Kier alpha value is -1.30. The Balaban J connectivity index is 1.63. The first-order valence-corrected chi connectivity index (χ1v) is 8.48. The number of hydrogen-bond donors (Lipinski definition) is 0. The largest absolute Gasteiger partial charge is 0.373 e. The summed E-state index contributed by atoms with van der Waals surface area (Å²) in [6.07, 6.45) is 2.02. The second-order valence-electron chi connectivity index (χ2n) is 5.86. The highest BCUT2D eigenvalue weighted by atomic mass is 32.1. The molecule has 0 bridgehead atoms. The van der Waals surface area contributed by atoms with E-state index in [0.717, 1.165) is 42.3 Å². The molecule has 1 saturated heterocycles. The monoisotopic (exact) mass is 320 g/mol. The van der Waals surface area contributed by atoms with Crippen molar-refractivity contribution in [3.63, 3.8) is 0 Å². The van der Waals surface area contributed by atoms with E-state index >= 15 is 0 Å². The Morgan fingerprint density at radius 1 is 1.36 bits per heavy atom. The highest BCUT2D eigenvalue weighted by Crippen LogP contribution is 2.30. The van der Waals surface area contributed by atoms with E-state index in [9.17, 15) is 4.39 Å². The summed E-state index contributed by atoms with van der Waals surface area (Å²) in [4.78, 5) is 6.89. The molecule has 0 N–H and O–H groups in total. The maximum Gasteiger partial charge on any atom is 0.123 e. The third-order valence-corrected chi connectivity index (χ3v) is 5.02. The van der Waals surface area contributed by atoms with Gasteiger partial charge in [0.05, 0.1) is 16.8 Å². The average Bonchev–Trinajstić information content (AvgIpc) is 2.93. The number of aryl methyl sites for hydroxylation is 1. The van der Waals surface area contributed by atoms with Crippen molar-refractivity contribution in [1.29, 1.82) is 0 Å². The maximum absolute atomic E-state index is 13.0. The molecule has 0 saturated carbocycles. The van der Waals surface area contributed by atoms with Gasteiger partial charge in [-0.1, -0.05) is 12.1 Å². The summed E-state index contributed by atoms with van der Waals surface area (Å²) in [5.41, 5.74) is 2.19. The van der Waals surface area contributed by atoms with Crippen LogP contribution in [0.3, 0.4) is 0 Å². The normalized spacial score (nSPS) is 22.2. The quantitative estimate of drug-likeness (QED) is 0.853. The summed E-state index contributed by atoms with van der Waals surface area (Å²) in [5.74, 6) is -0.202. The van der Waals surface area contributed by atoms with E-state index in [2.05, 4.69) is 22.3 Å². The molecule has 3 nitrogen and oxygen atoms in total. The Labute approximate surface area is 134 Å². The molecular weight excluding hydrogens is 299 g/mol. The smallest absolute Gasteiger partial charge is 0.123 e. The Morgan fingerprint density at radius 3 is 2.82 bits per heavy atom. The lowest BCUT2D eigenvalue weighted by Crippen LogP contribution is -2.37. The molecule has 1 aromatic carbocycles. The van der Waals surface area contributed by atoms with Crippen molar-refractivity contribution in [2.45, 2.75) is 38.5 Å². The van der Waals surface area contributed by atoms with Crippen molar-refractivity contribution in [2.75, 3.05) is 13.7 Å². The van der Waals surface area contributed by atoms with Gasteiger partial charge in [0, 0.05) is 24.6 Å². The Bertz CT molecular complexity index is 613. The first-order valence-electron chi connectivity index (χ1n) is 7.60. The lowest BCUT2D eigenvalue weighted by Gasteiger charge is -2.35. The van der Waals surface area contributed by atoms with Crippen molar-refractivity contribution >= 4 is 11.3 Å². The second kappa shape index (κ2) is 6.86. The fraction of sp³-hybridized carbons (Fsp3) is 0.471. The molecule has 2 aromatic rings. The number of rotatable bonds is 4. The van der Waals surface area contributed by atoms with Gasteiger partial charge in [-0.15, -0.1) is 11.3 Å². The first-order chi connectivity index (χ1) is 10.6. The van der Waals surface area contributed by atoms with Crippen molar-refractivity contribution in [2.24, 2.45) is 0 Å². The average molecular weight is 320 g/mol. The fourth-order valence-electron chi connectivity index (χ4n) is 2.95. The first kappa shape index (κ1) is 15.6. The maximum atomic E-state index is 13.0. The van der Waals surface area contributed by atoms with Crippen LogP contribution < -0.4 is 0 Å². The highest BCUT2D eigenvalue weighted by molar-refractivity contribution is 7.09. The number of aromatic nitrogens is 1. The summed E-state index contributed by atoms with van der Waals surface area (Å²) < 4.78 is 18.9. The van der Waals surface area contributed by atoms with Gasteiger partial charge < -0.3 is 4.74 Å². The molecule has 1 aliphatic rings. The predicted octanol–water partition coefficient (Wildman–Crippen LogP) is 3.94. The van der Waals surface area contributed by atoms with Gasteiger partial charge in [-0.2, -0.15) is 0 Å².